The Kier molecular flexibility index (Phi) is 6.52. The first-order valence-corrected chi connectivity index (χ1v) is 9.02. The number of nitrogens with one attached hydrogen (secondary N) is 1. The summed E-state index contributed by atoms with van der Waals surface area (Å²) in [4.78, 5) is 14.3. The van der Waals surface area contributed by atoms with E-state index in [1.54, 1.807) is 18.2 Å². The van der Waals surface area contributed by atoms with E-state index in [0.717, 1.165) is 23.9 Å². The summed E-state index contributed by atoms with van der Waals surface area (Å²) in [5.74, 6) is -0.305. The van der Waals surface area contributed by atoms with Gasteiger partial charge in [0.2, 0.25) is 15.9 Å². The predicted octanol–water partition coefficient (Wildman–Crippen LogP) is -0.244. The third-order valence-corrected chi connectivity index (χ3v) is 5.49. The first-order valence-electron chi connectivity index (χ1n) is 7.58. The molecule has 0 aromatic heterocycles. The van der Waals surface area contributed by atoms with Crippen molar-refractivity contribution in [3.8, 4) is 0 Å². The van der Waals surface area contributed by atoms with Crippen LogP contribution in [0.4, 0.5) is 0 Å². The van der Waals surface area contributed by atoms with Gasteiger partial charge in [0, 0.05) is 33.2 Å². The summed E-state index contributed by atoms with van der Waals surface area (Å²) in [5, 5.41) is 2.76. The molecule has 0 aliphatic carbocycles. The summed E-state index contributed by atoms with van der Waals surface area (Å²) in [6, 6.07) is 8.09. The Labute approximate surface area is 137 Å². The van der Waals surface area contributed by atoms with Crippen molar-refractivity contribution in [2.75, 3.05) is 53.0 Å². The van der Waals surface area contributed by atoms with E-state index in [1.165, 1.54) is 19.2 Å². The maximum atomic E-state index is 12.3. The molecule has 1 N–H and O–H groups in total. The Bertz CT molecular complexity index is 600. The highest BCUT2D eigenvalue weighted by Crippen LogP contribution is 2.12. The second kappa shape index (κ2) is 8.39. The fourth-order valence-electron chi connectivity index (χ4n) is 2.29. The highest BCUT2D eigenvalue weighted by atomic mass is 32.2. The molecule has 1 aromatic carbocycles. The molecule has 0 saturated carbocycles. The molecule has 128 valence electrons. The molecule has 1 heterocycles. The van der Waals surface area contributed by atoms with Crippen LogP contribution in [0.5, 0.6) is 0 Å². The zero-order chi connectivity index (χ0) is 16.7. The van der Waals surface area contributed by atoms with Gasteiger partial charge >= 0.3 is 0 Å². The van der Waals surface area contributed by atoms with E-state index in [2.05, 4.69) is 10.2 Å². The third kappa shape index (κ3) is 5.28. The summed E-state index contributed by atoms with van der Waals surface area (Å²) in [7, 11) is -2.23. The zero-order valence-electron chi connectivity index (χ0n) is 13.3. The number of benzene rings is 1. The first-order chi connectivity index (χ1) is 11.0. The van der Waals surface area contributed by atoms with Crippen LogP contribution in [-0.4, -0.2) is 76.5 Å². The Morgan fingerprint density at radius 2 is 1.91 bits per heavy atom. The van der Waals surface area contributed by atoms with E-state index in [0.29, 0.717) is 19.8 Å². The number of rotatable bonds is 7. The van der Waals surface area contributed by atoms with Crippen molar-refractivity contribution in [3.05, 3.63) is 30.3 Å². The van der Waals surface area contributed by atoms with Crippen LogP contribution < -0.4 is 5.32 Å². The fraction of sp³-hybridized carbons (Fsp3) is 0.533. The van der Waals surface area contributed by atoms with Gasteiger partial charge in [-0.1, -0.05) is 18.2 Å². The number of carbonyl (C=O) groups is 1. The Balaban J connectivity index is 1.78. The van der Waals surface area contributed by atoms with Gasteiger partial charge in [-0.3, -0.25) is 9.69 Å². The minimum Gasteiger partial charge on any atom is -0.379 e. The maximum Gasteiger partial charge on any atom is 0.243 e. The predicted molar refractivity (Wildman–Crippen MR) is 86.5 cm³/mol. The van der Waals surface area contributed by atoms with Crippen molar-refractivity contribution in [2.45, 2.75) is 4.90 Å². The second-order valence-corrected chi connectivity index (χ2v) is 7.42. The lowest BCUT2D eigenvalue weighted by molar-refractivity contribution is -0.121. The first kappa shape index (κ1) is 17.9. The van der Waals surface area contributed by atoms with Crippen LogP contribution in [0.15, 0.2) is 35.2 Å². The van der Waals surface area contributed by atoms with Gasteiger partial charge in [-0.25, -0.2) is 8.42 Å². The number of hydrogen-bond acceptors (Lipinski definition) is 5. The van der Waals surface area contributed by atoms with Gasteiger partial charge in [-0.2, -0.15) is 4.31 Å². The normalized spacial score (nSPS) is 16.4. The maximum absolute atomic E-state index is 12.3. The van der Waals surface area contributed by atoms with Crippen LogP contribution in [0.3, 0.4) is 0 Å². The van der Waals surface area contributed by atoms with Gasteiger partial charge < -0.3 is 10.1 Å². The second-order valence-electron chi connectivity index (χ2n) is 5.38. The molecule has 0 bridgehead atoms. The minimum atomic E-state index is -3.63. The molecule has 1 amide bonds. The molecule has 0 unspecified atom stereocenters. The summed E-state index contributed by atoms with van der Waals surface area (Å²) in [6.07, 6.45) is 0. The van der Waals surface area contributed by atoms with Crippen molar-refractivity contribution >= 4 is 15.9 Å². The molecule has 8 heteroatoms. The highest BCUT2D eigenvalue weighted by Gasteiger charge is 2.22. The Morgan fingerprint density at radius 3 is 2.57 bits per heavy atom. The smallest absolute Gasteiger partial charge is 0.243 e. The van der Waals surface area contributed by atoms with Gasteiger partial charge in [0.25, 0.3) is 0 Å². The van der Waals surface area contributed by atoms with Crippen LogP contribution in [0.1, 0.15) is 0 Å². The number of likely N-dealkylation sites (N-methyl/N-ethyl adjacent to an activating group) is 1. The molecule has 0 spiro atoms. The largest absolute Gasteiger partial charge is 0.379 e. The number of hydrogen-bond donors (Lipinski definition) is 1. The van der Waals surface area contributed by atoms with Gasteiger partial charge in [-0.15, -0.1) is 0 Å². The van der Waals surface area contributed by atoms with Gasteiger partial charge in [0.05, 0.1) is 24.7 Å². The number of carbonyl (C=O) groups excluding carboxylic acids is 1. The highest BCUT2D eigenvalue weighted by molar-refractivity contribution is 7.89. The van der Waals surface area contributed by atoms with E-state index in [4.69, 9.17) is 4.74 Å². The summed E-state index contributed by atoms with van der Waals surface area (Å²) < 4.78 is 30.9. The molecule has 0 atom stereocenters. The lowest BCUT2D eigenvalue weighted by Crippen LogP contribution is -2.43. The molecular weight excluding hydrogens is 318 g/mol. The van der Waals surface area contributed by atoms with Crippen molar-refractivity contribution in [1.29, 1.82) is 0 Å². The molecule has 1 saturated heterocycles. The van der Waals surface area contributed by atoms with E-state index in [1.807, 2.05) is 0 Å². The Hall–Kier alpha value is -1.48. The third-order valence-electron chi connectivity index (χ3n) is 3.67. The molecule has 2 rings (SSSR count). The van der Waals surface area contributed by atoms with Crippen LogP contribution >= 0.6 is 0 Å². The molecule has 1 fully saturated rings. The summed E-state index contributed by atoms with van der Waals surface area (Å²) >= 11 is 0. The lowest BCUT2D eigenvalue weighted by atomic mass is 10.4. The number of ether oxygens (including phenoxy) is 1. The molecule has 0 radical (unpaired) electrons. The number of nitrogens with zero attached hydrogens (tertiary/aromatic N) is 2. The summed E-state index contributed by atoms with van der Waals surface area (Å²) in [5.41, 5.74) is 0. The lowest BCUT2D eigenvalue weighted by Gasteiger charge is -2.26. The number of sulfonamides is 1. The van der Waals surface area contributed by atoms with Crippen LogP contribution in [-0.2, 0) is 19.6 Å². The minimum absolute atomic E-state index is 0.184. The van der Waals surface area contributed by atoms with Crippen molar-refractivity contribution in [2.24, 2.45) is 0 Å². The monoisotopic (exact) mass is 341 g/mol. The Morgan fingerprint density at radius 1 is 1.26 bits per heavy atom. The molecule has 1 aromatic rings. The molecule has 1 aliphatic rings. The average molecular weight is 341 g/mol. The van der Waals surface area contributed by atoms with Crippen molar-refractivity contribution < 1.29 is 17.9 Å². The van der Waals surface area contributed by atoms with E-state index in [9.17, 15) is 13.2 Å². The fourth-order valence-corrected chi connectivity index (χ4v) is 3.44. The zero-order valence-corrected chi connectivity index (χ0v) is 14.1. The van der Waals surface area contributed by atoms with Gasteiger partial charge in [-0.05, 0) is 12.1 Å². The van der Waals surface area contributed by atoms with Gasteiger partial charge in [0.15, 0.2) is 0 Å². The van der Waals surface area contributed by atoms with Gasteiger partial charge in [0.1, 0.15) is 0 Å². The molecule has 7 nitrogen and oxygen atoms in total. The van der Waals surface area contributed by atoms with E-state index in [-0.39, 0.29) is 17.3 Å². The number of morpholine rings is 1. The standard InChI is InChI=1S/C15H23N3O4S/c1-17(23(20,21)14-5-3-2-4-6-14)13-15(19)16-7-8-18-9-11-22-12-10-18/h2-6H,7-13H2,1H3,(H,16,19). The topological polar surface area (TPSA) is 79.0 Å². The van der Waals surface area contributed by atoms with Crippen LogP contribution in [0.2, 0.25) is 0 Å². The van der Waals surface area contributed by atoms with Crippen molar-refractivity contribution in [3.63, 3.8) is 0 Å². The molecular formula is C15H23N3O4S. The number of amides is 1. The molecule has 23 heavy (non-hydrogen) atoms. The van der Waals surface area contributed by atoms with E-state index < -0.39 is 10.0 Å². The van der Waals surface area contributed by atoms with Crippen LogP contribution in [0, 0.1) is 0 Å². The average Bonchev–Trinajstić information content (AvgIpc) is 2.56. The van der Waals surface area contributed by atoms with Crippen molar-refractivity contribution in [1.82, 2.24) is 14.5 Å². The SMILES string of the molecule is CN(CC(=O)NCCN1CCOCC1)S(=O)(=O)c1ccccc1. The quantitative estimate of drug-likeness (QED) is 0.740. The molecule has 1 aliphatic heterocycles. The summed E-state index contributed by atoms with van der Waals surface area (Å²) in [6.45, 7) is 4.19. The van der Waals surface area contributed by atoms with E-state index >= 15 is 0 Å². The van der Waals surface area contributed by atoms with Crippen LogP contribution in [0.25, 0.3) is 0 Å².